The van der Waals surface area contributed by atoms with E-state index < -0.39 is 15.6 Å². The predicted octanol–water partition coefficient (Wildman–Crippen LogP) is 1.51. The number of hydrogen-bond donors (Lipinski definition) is 0. The minimum absolute atomic E-state index is 0.146. The SMILES string of the molecule is CC1(C)COCN1S(=O)(=O)c1cccs1. The lowest BCUT2D eigenvalue weighted by Gasteiger charge is -2.27. The summed E-state index contributed by atoms with van der Waals surface area (Å²) < 4.78 is 31.3. The molecule has 6 heteroatoms. The molecule has 0 amide bonds. The molecule has 0 unspecified atom stereocenters. The number of thiophene rings is 1. The topological polar surface area (TPSA) is 46.6 Å². The predicted molar refractivity (Wildman–Crippen MR) is 58.2 cm³/mol. The molecule has 0 saturated carbocycles. The zero-order chi connectivity index (χ0) is 11.1. The summed E-state index contributed by atoms with van der Waals surface area (Å²) >= 11 is 1.23. The Morgan fingerprint density at radius 2 is 2.27 bits per heavy atom. The van der Waals surface area contributed by atoms with Crippen molar-refractivity contribution in [2.75, 3.05) is 13.3 Å². The molecular weight excluding hydrogens is 234 g/mol. The van der Waals surface area contributed by atoms with Gasteiger partial charge in [-0.2, -0.15) is 4.31 Å². The minimum Gasteiger partial charge on any atom is -0.363 e. The quantitative estimate of drug-likeness (QED) is 0.795. The van der Waals surface area contributed by atoms with Crippen LogP contribution in [0.25, 0.3) is 0 Å². The Kier molecular flexibility index (Phi) is 2.62. The summed E-state index contributed by atoms with van der Waals surface area (Å²) in [6.45, 7) is 4.32. The van der Waals surface area contributed by atoms with Crippen LogP contribution in [0.5, 0.6) is 0 Å². The number of sulfonamides is 1. The molecule has 1 saturated heterocycles. The Balaban J connectivity index is 2.39. The summed E-state index contributed by atoms with van der Waals surface area (Å²) in [7, 11) is -3.38. The molecule has 1 aliphatic heterocycles. The Labute approximate surface area is 93.5 Å². The molecular formula is C9H13NO3S2. The second-order valence-electron chi connectivity index (χ2n) is 4.08. The molecule has 0 atom stereocenters. The van der Waals surface area contributed by atoms with Gasteiger partial charge in [-0.15, -0.1) is 11.3 Å². The minimum atomic E-state index is -3.38. The largest absolute Gasteiger partial charge is 0.363 e. The smallest absolute Gasteiger partial charge is 0.255 e. The van der Waals surface area contributed by atoms with Crippen molar-refractivity contribution in [3.63, 3.8) is 0 Å². The maximum Gasteiger partial charge on any atom is 0.255 e. The van der Waals surface area contributed by atoms with Gasteiger partial charge in [0.15, 0.2) is 0 Å². The van der Waals surface area contributed by atoms with E-state index in [0.717, 1.165) is 0 Å². The molecule has 4 nitrogen and oxygen atoms in total. The van der Waals surface area contributed by atoms with Gasteiger partial charge < -0.3 is 4.74 Å². The van der Waals surface area contributed by atoms with Crippen molar-refractivity contribution in [2.24, 2.45) is 0 Å². The van der Waals surface area contributed by atoms with E-state index in [4.69, 9.17) is 4.74 Å². The Bertz CT molecular complexity index is 436. The summed E-state index contributed by atoms with van der Waals surface area (Å²) in [5, 5.41) is 1.76. The van der Waals surface area contributed by atoms with Crippen LogP contribution in [0.1, 0.15) is 13.8 Å². The van der Waals surface area contributed by atoms with E-state index in [-0.39, 0.29) is 6.73 Å². The maximum atomic E-state index is 12.2. The van der Waals surface area contributed by atoms with Gasteiger partial charge in [0.25, 0.3) is 10.0 Å². The van der Waals surface area contributed by atoms with E-state index in [9.17, 15) is 8.42 Å². The van der Waals surface area contributed by atoms with Crippen LogP contribution in [0.4, 0.5) is 0 Å². The van der Waals surface area contributed by atoms with Crippen LogP contribution in [0.2, 0.25) is 0 Å². The molecule has 1 aromatic rings. The third kappa shape index (κ3) is 1.82. The average molecular weight is 247 g/mol. The zero-order valence-electron chi connectivity index (χ0n) is 8.63. The third-order valence-electron chi connectivity index (χ3n) is 2.38. The third-order valence-corrected chi connectivity index (χ3v) is 5.79. The fraction of sp³-hybridized carbons (Fsp3) is 0.556. The monoisotopic (exact) mass is 247 g/mol. The van der Waals surface area contributed by atoms with Gasteiger partial charge in [0.1, 0.15) is 10.9 Å². The standard InChI is InChI=1S/C9H13NO3S2/c1-9(2)6-13-7-10(9)15(11,12)8-4-3-5-14-8/h3-5H,6-7H2,1-2H3. The van der Waals surface area contributed by atoms with Gasteiger partial charge >= 0.3 is 0 Å². The molecule has 15 heavy (non-hydrogen) atoms. The summed E-state index contributed by atoms with van der Waals surface area (Å²) in [6.07, 6.45) is 0. The van der Waals surface area contributed by atoms with Gasteiger partial charge in [-0.1, -0.05) is 6.07 Å². The van der Waals surface area contributed by atoms with Crippen LogP contribution in [-0.2, 0) is 14.8 Å². The van der Waals surface area contributed by atoms with E-state index in [0.29, 0.717) is 10.8 Å². The number of hydrogen-bond acceptors (Lipinski definition) is 4. The van der Waals surface area contributed by atoms with E-state index >= 15 is 0 Å². The van der Waals surface area contributed by atoms with Crippen LogP contribution in [0.15, 0.2) is 21.7 Å². The van der Waals surface area contributed by atoms with Gasteiger partial charge in [-0.25, -0.2) is 8.42 Å². The molecule has 1 aliphatic rings. The Morgan fingerprint density at radius 3 is 2.73 bits per heavy atom. The number of ether oxygens (including phenoxy) is 1. The van der Waals surface area contributed by atoms with Crippen LogP contribution < -0.4 is 0 Å². The lowest BCUT2D eigenvalue weighted by molar-refractivity contribution is 0.171. The number of nitrogens with zero attached hydrogens (tertiary/aromatic N) is 1. The van der Waals surface area contributed by atoms with E-state index in [1.165, 1.54) is 15.6 Å². The molecule has 0 aromatic carbocycles. The first-order valence-electron chi connectivity index (χ1n) is 4.59. The first kappa shape index (κ1) is 11.1. The van der Waals surface area contributed by atoms with Crippen molar-refractivity contribution in [1.82, 2.24) is 4.31 Å². The molecule has 2 heterocycles. The highest BCUT2D eigenvalue weighted by atomic mass is 32.2. The van der Waals surface area contributed by atoms with Crippen LogP contribution in [-0.4, -0.2) is 31.6 Å². The maximum absolute atomic E-state index is 12.2. The zero-order valence-corrected chi connectivity index (χ0v) is 10.3. The van der Waals surface area contributed by atoms with Gasteiger partial charge in [-0.05, 0) is 25.3 Å². The van der Waals surface area contributed by atoms with Gasteiger partial charge in [-0.3, -0.25) is 0 Å². The van der Waals surface area contributed by atoms with Crippen molar-refractivity contribution in [1.29, 1.82) is 0 Å². The van der Waals surface area contributed by atoms with Crippen molar-refractivity contribution < 1.29 is 13.2 Å². The van der Waals surface area contributed by atoms with Gasteiger partial charge in [0, 0.05) is 0 Å². The molecule has 1 fully saturated rings. The molecule has 2 rings (SSSR count). The lowest BCUT2D eigenvalue weighted by atomic mass is 10.1. The van der Waals surface area contributed by atoms with Gasteiger partial charge in [0.2, 0.25) is 0 Å². The average Bonchev–Trinajstić information content (AvgIpc) is 2.71. The lowest BCUT2D eigenvalue weighted by Crippen LogP contribution is -2.43. The summed E-state index contributed by atoms with van der Waals surface area (Å²) in [4.78, 5) is 0. The summed E-state index contributed by atoms with van der Waals surface area (Å²) in [5.74, 6) is 0. The molecule has 0 bridgehead atoms. The van der Waals surface area contributed by atoms with Crippen LogP contribution in [0, 0.1) is 0 Å². The molecule has 1 aromatic heterocycles. The summed E-state index contributed by atoms with van der Waals surface area (Å²) in [5.41, 5.74) is -0.456. The molecule has 0 radical (unpaired) electrons. The number of rotatable bonds is 2. The van der Waals surface area contributed by atoms with Crippen molar-refractivity contribution in [2.45, 2.75) is 23.6 Å². The first-order valence-corrected chi connectivity index (χ1v) is 6.91. The highest BCUT2D eigenvalue weighted by Crippen LogP contribution is 2.30. The molecule has 0 aliphatic carbocycles. The fourth-order valence-electron chi connectivity index (χ4n) is 1.54. The van der Waals surface area contributed by atoms with Gasteiger partial charge in [0.05, 0.1) is 12.1 Å². The first-order chi connectivity index (χ1) is 6.94. The van der Waals surface area contributed by atoms with Crippen LogP contribution >= 0.6 is 11.3 Å². The molecule has 0 N–H and O–H groups in total. The van der Waals surface area contributed by atoms with E-state index in [2.05, 4.69) is 0 Å². The second kappa shape index (κ2) is 3.55. The fourth-order valence-corrected chi connectivity index (χ4v) is 4.29. The van der Waals surface area contributed by atoms with Crippen molar-refractivity contribution in [3.8, 4) is 0 Å². The highest BCUT2D eigenvalue weighted by molar-refractivity contribution is 7.91. The Hall–Kier alpha value is -0.430. The Morgan fingerprint density at radius 1 is 1.53 bits per heavy atom. The second-order valence-corrected chi connectivity index (χ2v) is 7.11. The van der Waals surface area contributed by atoms with Crippen LogP contribution in [0.3, 0.4) is 0 Å². The normalized spacial score (nSPS) is 22.0. The summed E-state index contributed by atoms with van der Waals surface area (Å²) in [6, 6.07) is 3.36. The van der Waals surface area contributed by atoms with Crippen molar-refractivity contribution in [3.05, 3.63) is 17.5 Å². The van der Waals surface area contributed by atoms with Crippen molar-refractivity contribution >= 4 is 21.4 Å². The van der Waals surface area contributed by atoms with E-state index in [1.54, 1.807) is 17.5 Å². The van der Waals surface area contributed by atoms with E-state index in [1.807, 2.05) is 13.8 Å². The molecule has 84 valence electrons. The molecule has 0 spiro atoms. The highest BCUT2D eigenvalue weighted by Gasteiger charge is 2.42.